The van der Waals surface area contributed by atoms with Gasteiger partial charge in [0.15, 0.2) is 0 Å². The number of carbonyl (C=O) groups excluding carboxylic acids is 2. The van der Waals surface area contributed by atoms with Crippen molar-refractivity contribution < 1.29 is 19.1 Å². The second-order valence-corrected chi connectivity index (χ2v) is 6.91. The fourth-order valence-electron chi connectivity index (χ4n) is 2.34. The van der Waals surface area contributed by atoms with Gasteiger partial charge in [0.05, 0.1) is 12.0 Å². The molecular formula is C18H25NO4. The lowest BCUT2D eigenvalue weighted by Crippen LogP contribution is -2.45. The Labute approximate surface area is 137 Å². The van der Waals surface area contributed by atoms with E-state index in [0.29, 0.717) is 13.1 Å². The minimum Gasteiger partial charge on any atom is -0.460 e. The molecule has 1 atom stereocenters. The number of nitrogens with zero attached hydrogens (tertiary/aromatic N) is 1. The first-order chi connectivity index (χ1) is 10.9. The zero-order valence-corrected chi connectivity index (χ0v) is 14.1. The normalized spacial score (nSPS) is 18.4. The van der Waals surface area contributed by atoms with E-state index >= 15 is 0 Å². The number of benzene rings is 1. The minimum absolute atomic E-state index is 0.234. The quantitative estimate of drug-likeness (QED) is 0.802. The van der Waals surface area contributed by atoms with E-state index < -0.39 is 5.41 Å². The summed E-state index contributed by atoms with van der Waals surface area (Å²) in [6, 6.07) is 9.57. The molecule has 0 radical (unpaired) electrons. The molecule has 1 aliphatic rings. The van der Waals surface area contributed by atoms with Crippen LogP contribution in [0, 0.1) is 5.41 Å². The zero-order chi connectivity index (χ0) is 16.9. The highest BCUT2D eigenvalue weighted by Gasteiger charge is 2.31. The smallest absolute Gasteiger partial charge is 0.410 e. The van der Waals surface area contributed by atoms with Gasteiger partial charge in [0, 0.05) is 6.54 Å². The molecule has 1 saturated heterocycles. The molecule has 1 heterocycles. The molecule has 0 N–H and O–H groups in total. The van der Waals surface area contributed by atoms with Crippen LogP contribution in [0.15, 0.2) is 30.3 Å². The Kier molecular flexibility index (Phi) is 5.64. The Balaban J connectivity index is 1.83. The fraction of sp³-hybridized carbons (Fsp3) is 0.556. The maximum atomic E-state index is 12.2. The van der Waals surface area contributed by atoms with Gasteiger partial charge in [0.25, 0.3) is 0 Å². The van der Waals surface area contributed by atoms with Crippen LogP contribution in [0.25, 0.3) is 0 Å². The molecule has 0 bridgehead atoms. The molecule has 5 nitrogen and oxygen atoms in total. The molecule has 0 aromatic heterocycles. The second kappa shape index (κ2) is 7.49. The SMILES string of the molecule is CC(C)(C)C(=O)OC1CCCN(C(=O)OCc2ccccc2)C1. The highest BCUT2D eigenvalue weighted by atomic mass is 16.6. The van der Waals surface area contributed by atoms with Crippen molar-refractivity contribution in [2.24, 2.45) is 5.41 Å². The molecule has 2 rings (SSSR count). The van der Waals surface area contributed by atoms with Crippen molar-refractivity contribution in [3.8, 4) is 0 Å². The van der Waals surface area contributed by atoms with Crippen molar-refractivity contribution in [2.75, 3.05) is 13.1 Å². The number of esters is 1. The van der Waals surface area contributed by atoms with Crippen LogP contribution >= 0.6 is 0 Å². The summed E-state index contributed by atoms with van der Waals surface area (Å²) in [6.45, 7) is 6.76. The topological polar surface area (TPSA) is 55.8 Å². The van der Waals surface area contributed by atoms with E-state index in [1.807, 2.05) is 51.1 Å². The van der Waals surface area contributed by atoms with Crippen LogP contribution in [0.1, 0.15) is 39.2 Å². The molecule has 5 heteroatoms. The number of hydrogen-bond donors (Lipinski definition) is 0. The van der Waals surface area contributed by atoms with Crippen LogP contribution in [0.3, 0.4) is 0 Å². The van der Waals surface area contributed by atoms with Gasteiger partial charge >= 0.3 is 12.1 Å². The second-order valence-electron chi connectivity index (χ2n) is 6.91. The van der Waals surface area contributed by atoms with Crippen LogP contribution in [0.4, 0.5) is 4.79 Å². The molecule has 0 aliphatic carbocycles. The Bertz CT molecular complexity index is 536. The number of carbonyl (C=O) groups is 2. The van der Waals surface area contributed by atoms with E-state index in [9.17, 15) is 9.59 Å². The van der Waals surface area contributed by atoms with Crippen LogP contribution in [-0.2, 0) is 20.9 Å². The predicted molar refractivity (Wildman–Crippen MR) is 86.8 cm³/mol. The molecule has 1 fully saturated rings. The van der Waals surface area contributed by atoms with Gasteiger partial charge in [-0.05, 0) is 39.2 Å². The Morgan fingerprint density at radius 3 is 2.57 bits per heavy atom. The summed E-state index contributed by atoms with van der Waals surface area (Å²) in [5, 5.41) is 0. The summed E-state index contributed by atoms with van der Waals surface area (Å²) >= 11 is 0. The van der Waals surface area contributed by atoms with Gasteiger partial charge in [-0.3, -0.25) is 4.79 Å². The van der Waals surface area contributed by atoms with Gasteiger partial charge in [-0.15, -0.1) is 0 Å². The van der Waals surface area contributed by atoms with Gasteiger partial charge in [0.1, 0.15) is 12.7 Å². The summed E-state index contributed by atoms with van der Waals surface area (Å²) < 4.78 is 10.8. The van der Waals surface area contributed by atoms with E-state index in [4.69, 9.17) is 9.47 Å². The van der Waals surface area contributed by atoms with Gasteiger partial charge in [-0.1, -0.05) is 30.3 Å². The maximum Gasteiger partial charge on any atom is 0.410 e. The molecule has 1 aliphatic heterocycles. The molecule has 0 spiro atoms. The summed E-state index contributed by atoms with van der Waals surface area (Å²) in [4.78, 5) is 25.7. The Morgan fingerprint density at radius 1 is 1.22 bits per heavy atom. The fourth-order valence-corrected chi connectivity index (χ4v) is 2.34. The zero-order valence-electron chi connectivity index (χ0n) is 14.1. The molecule has 1 aromatic carbocycles. The highest BCUT2D eigenvalue weighted by Crippen LogP contribution is 2.21. The van der Waals surface area contributed by atoms with Crippen LogP contribution in [0.2, 0.25) is 0 Å². The van der Waals surface area contributed by atoms with Gasteiger partial charge in [-0.25, -0.2) is 4.79 Å². The summed E-state index contributed by atoms with van der Waals surface area (Å²) in [5.41, 5.74) is 0.421. The highest BCUT2D eigenvalue weighted by molar-refractivity contribution is 5.75. The molecular weight excluding hydrogens is 294 g/mol. The number of hydrogen-bond acceptors (Lipinski definition) is 4. The van der Waals surface area contributed by atoms with Gasteiger partial charge < -0.3 is 14.4 Å². The molecule has 1 amide bonds. The Hall–Kier alpha value is -2.04. The molecule has 0 saturated carbocycles. The van der Waals surface area contributed by atoms with Crippen LogP contribution in [0.5, 0.6) is 0 Å². The Morgan fingerprint density at radius 2 is 1.91 bits per heavy atom. The lowest BCUT2D eigenvalue weighted by atomic mass is 9.97. The van der Waals surface area contributed by atoms with E-state index in [-0.39, 0.29) is 24.8 Å². The minimum atomic E-state index is -0.532. The average molecular weight is 319 g/mol. The summed E-state index contributed by atoms with van der Waals surface area (Å²) in [7, 11) is 0. The van der Waals surface area contributed by atoms with E-state index in [1.165, 1.54) is 0 Å². The number of piperidine rings is 1. The number of ether oxygens (including phenoxy) is 2. The van der Waals surface area contributed by atoms with Crippen molar-refractivity contribution >= 4 is 12.1 Å². The standard InChI is InChI=1S/C18H25NO4/c1-18(2,3)16(20)23-15-10-7-11-19(12-15)17(21)22-13-14-8-5-4-6-9-14/h4-6,8-9,15H,7,10-13H2,1-3H3. The van der Waals surface area contributed by atoms with Crippen molar-refractivity contribution in [1.82, 2.24) is 4.90 Å². The summed E-state index contributed by atoms with van der Waals surface area (Å²) in [6.07, 6.45) is 0.984. The molecule has 1 unspecified atom stereocenters. The largest absolute Gasteiger partial charge is 0.460 e. The first-order valence-corrected chi connectivity index (χ1v) is 8.03. The van der Waals surface area contributed by atoms with Crippen LogP contribution < -0.4 is 0 Å². The third-order valence-electron chi connectivity index (χ3n) is 3.73. The first-order valence-electron chi connectivity index (χ1n) is 8.03. The van der Waals surface area contributed by atoms with E-state index in [1.54, 1.807) is 4.90 Å². The number of amides is 1. The van der Waals surface area contributed by atoms with Crippen LogP contribution in [-0.4, -0.2) is 36.2 Å². The average Bonchev–Trinajstić information content (AvgIpc) is 2.53. The van der Waals surface area contributed by atoms with E-state index in [0.717, 1.165) is 18.4 Å². The van der Waals surface area contributed by atoms with E-state index in [2.05, 4.69) is 0 Å². The summed E-state index contributed by atoms with van der Waals surface area (Å²) in [5.74, 6) is -0.234. The molecule has 1 aromatic rings. The third kappa shape index (κ3) is 5.27. The number of likely N-dealkylation sites (tertiary alicyclic amines) is 1. The van der Waals surface area contributed by atoms with Gasteiger partial charge in [-0.2, -0.15) is 0 Å². The lowest BCUT2D eigenvalue weighted by Gasteiger charge is -2.33. The monoisotopic (exact) mass is 319 g/mol. The lowest BCUT2D eigenvalue weighted by molar-refractivity contribution is -0.160. The van der Waals surface area contributed by atoms with Gasteiger partial charge in [0.2, 0.25) is 0 Å². The van der Waals surface area contributed by atoms with Crippen molar-refractivity contribution in [3.63, 3.8) is 0 Å². The van der Waals surface area contributed by atoms with Crippen molar-refractivity contribution in [1.29, 1.82) is 0 Å². The van der Waals surface area contributed by atoms with Crippen molar-refractivity contribution in [2.45, 2.75) is 46.3 Å². The van der Waals surface area contributed by atoms with Crippen molar-refractivity contribution in [3.05, 3.63) is 35.9 Å². The first kappa shape index (κ1) is 17.3. The predicted octanol–water partition coefficient (Wildman–Crippen LogP) is 3.38. The third-order valence-corrected chi connectivity index (χ3v) is 3.73. The molecule has 126 valence electrons. The number of rotatable bonds is 3. The molecule has 23 heavy (non-hydrogen) atoms. The maximum absolute atomic E-state index is 12.2.